The van der Waals surface area contributed by atoms with Crippen LogP contribution in [0.5, 0.6) is 11.5 Å². The maximum atomic E-state index is 12.3. The number of rotatable bonds is 3. The molecule has 2 heterocycles. The Labute approximate surface area is 167 Å². The van der Waals surface area contributed by atoms with E-state index < -0.39 is 6.09 Å². The highest BCUT2D eigenvalue weighted by Crippen LogP contribution is 2.48. The number of benzene rings is 2. The van der Waals surface area contributed by atoms with E-state index in [-0.39, 0.29) is 24.5 Å². The van der Waals surface area contributed by atoms with Crippen molar-refractivity contribution in [2.24, 2.45) is 0 Å². The summed E-state index contributed by atoms with van der Waals surface area (Å²) in [4.78, 5) is 25.2. The van der Waals surface area contributed by atoms with Gasteiger partial charge in [0.25, 0.3) is 0 Å². The van der Waals surface area contributed by atoms with Gasteiger partial charge in [0.1, 0.15) is 5.75 Å². The fourth-order valence-corrected chi connectivity index (χ4v) is 4.12. The van der Waals surface area contributed by atoms with Crippen LogP contribution in [0.1, 0.15) is 24.4 Å². The normalized spacial score (nSPS) is 20.0. The van der Waals surface area contributed by atoms with Crippen molar-refractivity contribution in [3.05, 3.63) is 53.1 Å². The zero-order valence-electron chi connectivity index (χ0n) is 15.0. The Hall–Kier alpha value is -2.93. The number of piperidine rings is 1. The fourth-order valence-electron chi connectivity index (χ4n) is 3.95. The second-order valence-corrected chi connectivity index (χ2v) is 7.30. The molecule has 2 aromatic rings. The Morgan fingerprint density at radius 1 is 1.21 bits per heavy atom. The summed E-state index contributed by atoms with van der Waals surface area (Å²) < 4.78 is 6.18. The summed E-state index contributed by atoms with van der Waals surface area (Å²) in [6, 6.07) is 13.0. The van der Waals surface area contributed by atoms with Crippen molar-refractivity contribution in [1.29, 1.82) is 0 Å². The first-order valence-corrected chi connectivity index (χ1v) is 9.50. The van der Waals surface area contributed by atoms with Gasteiger partial charge >= 0.3 is 6.09 Å². The first kappa shape index (κ1) is 18.4. The average molecular weight is 402 g/mol. The van der Waals surface area contributed by atoms with Crippen LogP contribution in [0.25, 0.3) is 0 Å². The van der Waals surface area contributed by atoms with Crippen LogP contribution >= 0.6 is 11.6 Å². The highest BCUT2D eigenvalue weighted by molar-refractivity contribution is 6.31. The standard InChI is InChI=1S/C20H20ClN3O4/c21-12-7-8-17-15(10-12)24-9-3-5-14(23-18(25)11-22-20(26)27)19(24)13-4-1-2-6-16(13)28-17/h1-2,4,6-8,10,14,19,22H,3,5,9,11H2,(H,23,25)(H,26,27)/t14-,19-/m0/s1. The molecule has 8 heteroatoms. The van der Waals surface area contributed by atoms with Gasteiger partial charge in [-0.05, 0) is 37.1 Å². The molecule has 28 heavy (non-hydrogen) atoms. The molecule has 0 spiro atoms. The molecular weight excluding hydrogens is 382 g/mol. The molecule has 0 aliphatic carbocycles. The smallest absolute Gasteiger partial charge is 0.405 e. The minimum Gasteiger partial charge on any atom is -0.465 e. The van der Waals surface area contributed by atoms with Crippen LogP contribution in [-0.2, 0) is 4.79 Å². The second-order valence-electron chi connectivity index (χ2n) is 6.87. The maximum absolute atomic E-state index is 12.3. The lowest BCUT2D eigenvalue weighted by Gasteiger charge is -2.42. The van der Waals surface area contributed by atoms with Gasteiger partial charge in [-0.25, -0.2) is 4.79 Å². The molecule has 0 aromatic heterocycles. The van der Waals surface area contributed by atoms with E-state index in [0.29, 0.717) is 5.02 Å². The predicted octanol–water partition coefficient (Wildman–Crippen LogP) is 3.54. The Kier molecular flexibility index (Phi) is 5.00. The molecule has 2 aliphatic heterocycles. The number of hydrogen-bond acceptors (Lipinski definition) is 4. The quantitative estimate of drug-likeness (QED) is 0.731. The number of hydrogen-bond donors (Lipinski definition) is 3. The minimum atomic E-state index is -1.22. The maximum Gasteiger partial charge on any atom is 0.405 e. The number of amides is 2. The lowest BCUT2D eigenvalue weighted by Crippen LogP contribution is -2.51. The number of carboxylic acid groups (broad SMARTS) is 1. The zero-order valence-corrected chi connectivity index (χ0v) is 15.8. The van der Waals surface area contributed by atoms with Gasteiger partial charge in [0.15, 0.2) is 5.75 Å². The highest BCUT2D eigenvalue weighted by Gasteiger charge is 2.38. The SMILES string of the molecule is O=C(O)NCC(=O)N[C@H]1CCCN2c3cc(Cl)ccc3Oc3ccccc3[C@@H]12. The van der Waals surface area contributed by atoms with E-state index in [1.807, 2.05) is 36.4 Å². The molecule has 7 nitrogen and oxygen atoms in total. The first-order valence-electron chi connectivity index (χ1n) is 9.12. The molecule has 3 N–H and O–H groups in total. The Morgan fingerprint density at radius 2 is 2.04 bits per heavy atom. The van der Waals surface area contributed by atoms with Gasteiger partial charge in [-0.2, -0.15) is 0 Å². The van der Waals surface area contributed by atoms with Crippen molar-refractivity contribution in [3.8, 4) is 11.5 Å². The van der Waals surface area contributed by atoms with Crippen LogP contribution in [0.2, 0.25) is 5.02 Å². The van der Waals surface area contributed by atoms with E-state index in [2.05, 4.69) is 15.5 Å². The summed E-state index contributed by atoms with van der Waals surface area (Å²) in [6.45, 7) is 0.522. The molecule has 0 radical (unpaired) electrons. The Balaban J connectivity index is 1.71. The van der Waals surface area contributed by atoms with Gasteiger partial charge in [0.2, 0.25) is 5.91 Å². The molecular formula is C20H20ClN3O4. The van der Waals surface area contributed by atoms with E-state index in [9.17, 15) is 9.59 Å². The number of nitrogens with one attached hydrogen (secondary N) is 2. The molecule has 2 aromatic carbocycles. The van der Waals surface area contributed by atoms with E-state index in [0.717, 1.165) is 42.1 Å². The van der Waals surface area contributed by atoms with E-state index in [1.54, 1.807) is 6.07 Å². The molecule has 0 bridgehead atoms. The van der Waals surface area contributed by atoms with Crippen molar-refractivity contribution in [2.45, 2.75) is 24.9 Å². The van der Waals surface area contributed by atoms with Crippen molar-refractivity contribution in [3.63, 3.8) is 0 Å². The van der Waals surface area contributed by atoms with Gasteiger partial charge in [-0.3, -0.25) is 4.79 Å². The lowest BCUT2D eigenvalue weighted by molar-refractivity contribution is -0.121. The topological polar surface area (TPSA) is 90.9 Å². The first-order chi connectivity index (χ1) is 13.5. The molecule has 0 unspecified atom stereocenters. The van der Waals surface area contributed by atoms with Gasteiger partial charge < -0.3 is 25.4 Å². The molecule has 0 saturated carbocycles. The number of ether oxygens (including phenoxy) is 1. The molecule has 1 fully saturated rings. The third-order valence-corrected chi connectivity index (χ3v) is 5.30. The zero-order chi connectivity index (χ0) is 19.7. The monoisotopic (exact) mass is 401 g/mol. The number of anilines is 1. The third-order valence-electron chi connectivity index (χ3n) is 5.07. The summed E-state index contributed by atoms with van der Waals surface area (Å²) in [5.74, 6) is 1.10. The predicted molar refractivity (Wildman–Crippen MR) is 105 cm³/mol. The summed E-state index contributed by atoms with van der Waals surface area (Å²) >= 11 is 6.25. The van der Waals surface area contributed by atoms with Crippen LogP contribution in [0.3, 0.4) is 0 Å². The lowest BCUT2D eigenvalue weighted by atomic mass is 9.89. The molecule has 2 aliphatic rings. The minimum absolute atomic E-state index is 0.140. The average Bonchev–Trinajstić information content (AvgIpc) is 2.81. The second kappa shape index (κ2) is 7.59. The third kappa shape index (κ3) is 3.57. The largest absolute Gasteiger partial charge is 0.465 e. The number of para-hydroxylation sites is 1. The van der Waals surface area contributed by atoms with E-state index in [1.165, 1.54) is 0 Å². The number of carbonyl (C=O) groups is 2. The Morgan fingerprint density at radius 3 is 2.86 bits per heavy atom. The van der Waals surface area contributed by atoms with Crippen molar-refractivity contribution in [2.75, 3.05) is 18.0 Å². The fraction of sp³-hybridized carbons (Fsp3) is 0.300. The molecule has 2 amide bonds. The summed E-state index contributed by atoms with van der Waals surface area (Å²) in [6.07, 6.45) is 0.434. The summed E-state index contributed by atoms with van der Waals surface area (Å²) in [5.41, 5.74) is 1.86. The number of nitrogens with zero attached hydrogens (tertiary/aromatic N) is 1. The molecule has 2 atom stereocenters. The van der Waals surface area contributed by atoms with Crippen LogP contribution in [0.15, 0.2) is 42.5 Å². The number of carbonyl (C=O) groups excluding carboxylic acids is 1. The molecule has 146 valence electrons. The van der Waals surface area contributed by atoms with Crippen molar-refractivity contribution < 1.29 is 19.4 Å². The number of fused-ring (bicyclic) bond motifs is 5. The molecule has 4 rings (SSSR count). The summed E-state index contributed by atoms with van der Waals surface area (Å²) in [5, 5.41) is 14.4. The van der Waals surface area contributed by atoms with Crippen LogP contribution < -0.4 is 20.3 Å². The van der Waals surface area contributed by atoms with Gasteiger partial charge in [-0.1, -0.05) is 29.8 Å². The van der Waals surface area contributed by atoms with Crippen LogP contribution in [-0.4, -0.2) is 36.2 Å². The van der Waals surface area contributed by atoms with Crippen molar-refractivity contribution in [1.82, 2.24) is 10.6 Å². The highest BCUT2D eigenvalue weighted by atomic mass is 35.5. The molecule has 1 saturated heterocycles. The summed E-state index contributed by atoms with van der Waals surface area (Å²) in [7, 11) is 0. The van der Waals surface area contributed by atoms with E-state index >= 15 is 0 Å². The van der Waals surface area contributed by atoms with Crippen LogP contribution in [0, 0.1) is 0 Å². The number of halogens is 1. The van der Waals surface area contributed by atoms with Gasteiger partial charge in [0.05, 0.1) is 24.3 Å². The van der Waals surface area contributed by atoms with E-state index in [4.69, 9.17) is 21.4 Å². The van der Waals surface area contributed by atoms with Crippen molar-refractivity contribution >= 4 is 29.3 Å². The van der Waals surface area contributed by atoms with Gasteiger partial charge in [0, 0.05) is 17.1 Å². The van der Waals surface area contributed by atoms with Crippen LogP contribution in [0.4, 0.5) is 10.5 Å². The van der Waals surface area contributed by atoms with Gasteiger partial charge in [-0.15, -0.1) is 0 Å². The Bertz CT molecular complexity index is 920.